The zero-order valence-corrected chi connectivity index (χ0v) is 13.2. The first-order valence-electron chi connectivity index (χ1n) is 6.73. The molecule has 0 aliphatic rings. The number of nitrogens with zero attached hydrogens (tertiary/aromatic N) is 4. The first-order valence-corrected chi connectivity index (χ1v) is 6.73. The molecule has 11 heteroatoms. The number of benzene rings is 2. The van der Waals surface area contributed by atoms with E-state index < -0.39 is 21.2 Å². The molecule has 0 saturated heterocycles. The van der Waals surface area contributed by atoms with Crippen molar-refractivity contribution in [3.63, 3.8) is 0 Å². The molecule has 0 aliphatic carbocycles. The van der Waals surface area contributed by atoms with Crippen LogP contribution in [0, 0.1) is 20.2 Å². The highest BCUT2D eigenvalue weighted by Crippen LogP contribution is 2.38. The molecular formula is C14H13N5O6. The van der Waals surface area contributed by atoms with Gasteiger partial charge in [0.2, 0.25) is 0 Å². The van der Waals surface area contributed by atoms with Crippen LogP contribution in [0.15, 0.2) is 40.6 Å². The predicted octanol–water partition coefficient (Wildman–Crippen LogP) is 3.52. The van der Waals surface area contributed by atoms with Crippen molar-refractivity contribution >= 4 is 28.4 Å². The quantitative estimate of drug-likeness (QED) is 0.362. The Labute approximate surface area is 141 Å². The molecule has 2 rings (SSSR count). The number of methoxy groups -OCH3 is 2. The van der Waals surface area contributed by atoms with Gasteiger partial charge in [0, 0.05) is 18.2 Å². The summed E-state index contributed by atoms with van der Waals surface area (Å²) in [5, 5.41) is 29.5. The van der Waals surface area contributed by atoms with E-state index >= 15 is 0 Å². The van der Waals surface area contributed by atoms with Gasteiger partial charge in [0.1, 0.15) is 17.2 Å². The van der Waals surface area contributed by atoms with Crippen molar-refractivity contribution in [2.75, 3.05) is 20.0 Å². The van der Waals surface area contributed by atoms with Gasteiger partial charge in [-0.05, 0) is 6.07 Å². The Morgan fingerprint density at radius 3 is 2.12 bits per heavy atom. The maximum atomic E-state index is 11.1. The molecule has 2 aromatic carbocycles. The van der Waals surface area contributed by atoms with Gasteiger partial charge in [0.05, 0.1) is 35.8 Å². The fourth-order valence-corrected chi connectivity index (χ4v) is 1.95. The van der Waals surface area contributed by atoms with E-state index in [4.69, 9.17) is 15.2 Å². The second kappa shape index (κ2) is 7.21. The lowest BCUT2D eigenvalue weighted by Gasteiger charge is -2.09. The van der Waals surface area contributed by atoms with Crippen LogP contribution in [0.25, 0.3) is 0 Å². The van der Waals surface area contributed by atoms with E-state index in [1.807, 2.05) is 0 Å². The number of azo groups is 1. The monoisotopic (exact) mass is 347 g/mol. The fourth-order valence-electron chi connectivity index (χ4n) is 1.95. The third kappa shape index (κ3) is 3.77. The molecule has 0 spiro atoms. The molecule has 11 nitrogen and oxygen atoms in total. The van der Waals surface area contributed by atoms with Crippen LogP contribution in [0.3, 0.4) is 0 Å². The molecule has 25 heavy (non-hydrogen) atoms. The highest BCUT2D eigenvalue weighted by Gasteiger charge is 2.19. The van der Waals surface area contributed by atoms with Crippen molar-refractivity contribution in [1.29, 1.82) is 0 Å². The Morgan fingerprint density at radius 2 is 1.56 bits per heavy atom. The van der Waals surface area contributed by atoms with Gasteiger partial charge in [0.25, 0.3) is 5.69 Å². The van der Waals surface area contributed by atoms with Crippen LogP contribution in [-0.4, -0.2) is 24.1 Å². The smallest absolute Gasteiger partial charge is 0.303 e. The molecule has 2 aromatic rings. The number of ether oxygens (including phenoxy) is 2. The van der Waals surface area contributed by atoms with E-state index in [9.17, 15) is 20.2 Å². The number of non-ortho nitro benzene ring substituents is 1. The van der Waals surface area contributed by atoms with Crippen LogP contribution in [0.2, 0.25) is 0 Å². The summed E-state index contributed by atoms with van der Waals surface area (Å²) in [6.45, 7) is 0. The van der Waals surface area contributed by atoms with E-state index in [0.29, 0.717) is 11.4 Å². The molecule has 0 radical (unpaired) electrons. The van der Waals surface area contributed by atoms with E-state index in [0.717, 1.165) is 18.2 Å². The minimum Gasteiger partial charge on any atom is -0.495 e. The van der Waals surface area contributed by atoms with Gasteiger partial charge in [-0.1, -0.05) is 0 Å². The summed E-state index contributed by atoms with van der Waals surface area (Å²) in [6.07, 6.45) is 0. The molecule has 0 heterocycles. The molecule has 0 fully saturated rings. The Morgan fingerprint density at radius 1 is 0.920 bits per heavy atom. The second-order valence-electron chi connectivity index (χ2n) is 4.65. The summed E-state index contributed by atoms with van der Waals surface area (Å²) < 4.78 is 10.2. The van der Waals surface area contributed by atoms with E-state index in [-0.39, 0.29) is 17.1 Å². The number of nitrogens with two attached hydrogens (primary N) is 1. The van der Waals surface area contributed by atoms with Crippen molar-refractivity contribution in [3.8, 4) is 11.5 Å². The maximum absolute atomic E-state index is 11.1. The molecule has 0 saturated carbocycles. The highest BCUT2D eigenvalue weighted by atomic mass is 16.6. The lowest BCUT2D eigenvalue weighted by molar-refractivity contribution is -0.393. The normalized spacial score (nSPS) is 10.6. The van der Waals surface area contributed by atoms with Gasteiger partial charge >= 0.3 is 5.69 Å². The maximum Gasteiger partial charge on any atom is 0.303 e. The molecule has 0 atom stereocenters. The number of nitro benzene ring substituents is 2. The van der Waals surface area contributed by atoms with Crippen LogP contribution in [0.1, 0.15) is 0 Å². The lowest BCUT2D eigenvalue weighted by atomic mass is 10.2. The summed E-state index contributed by atoms with van der Waals surface area (Å²) in [4.78, 5) is 20.3. The molecule has 0 bridgehead atoms. The molecular weight excluding hydrogens is 334 g/mol. The minimum atomic E-state index is -0.776. The number of rotatable bonds is 6. The number of hydrogen-bond donors (Lipinski definition) is 1. The van der Waals surface area contributed by atoms with Crippen LogP contribution in [0.4, 0.5) is 28.4 Å². The molecule has 2 N–H and O–H groups in total. The zero-order valence-electron chi connectivity index (χ0n) is 13.2. The Hall–Kier alpha value is -3.76. The molecule has 0 aliphatic heterocycles. The van der Waals surface area contributed by atoms with Crippen molar-refractivity contribution in [2.24, 2.45) is 10.2 Å². The Balaban J connectivity index is 2.49. The Kier molecular flexibility index (Phi) is 5.07. The highest BCUT2D eigenvalue weighted by molar-refractivity contribution is 5.67. The van der Waals surface area contributed by atoms with Crippen molar-refractivity contribution < 1.29 is 19.3 Å². The van der Waals surface area contributed by atoms with E-state index in [2.05, 4.69) is 10.2 Å². The molecule has 0 unspecified atom stereocenters. The summed E-state index contributed by atoms with van der Waals surface area (Å²) in [5.41, 5.74) is 5.20. The summed E-state index contributed by atoms with van der Waals surface area (Å²) in [6, 6.07) is 5.98. The van der Waals surface area contributed by atoms with Crippen LogP contribution in [-0.2, 0) is 0 Å². The van der Waals surface area contributed by atoms with Crippen LogP contribution < -0.4 is 15.2 Å². The van der Waals surface area contributed by atoms with Gasteiger partial charge in [-0.3, -0.25) is 20.2 Å². The number of anilines is 1. The standard InChI is InChI=1S/C14H13N5O6/c1-24-13-7-11(14(25-2)6-9(13)15)17-16-10-4-3-8(18(20)21)5-12(10)19(22)23/h3-7H,15H2,1-2H3/b17-16+. The van der Waals surface area contributed by atoms with Gasteiger partial charge in [-0.2, -0.15) is 0 Å². The number of hydrogen-bond acceptors (Lipinski definition) is 9. The predicted molar refractivity (Wildman–Crippen MR) is 87.9 cm³/mol. The van der Waals surface area contributed by atoms with E-state index in [1.165, 1.54) is 26.4 Å². The van der Waals surface area contributed by atoms with Crippen molar-refractivity contribution in [2.45, 2.75) is 0 Å². The third-order valence-electron chi connectivity index (χ3n) is 3.16. The van der Waals surface area contributed by atoms with Gasteiger partial charge in [-0.25, -0.2) is 0 Å². The van der Waals surface area contributed by atoms with Crippen LogP contribution >= 0.6 is 0 Å². The third-order valence-corrected chi connectivity index (χ3v) is 3.16. The summed E-state index contributed by atoms with van der Waals surface area (Å²) in [7, 11) is 2.81. The summed E-state index contributed by atoms with van der Waals surface area (Å²) in [5.74, 6) is 0.611. The topological polar surface area (TPSA) is 155 Å². The van der Waals surface area contributed by atoms with Crippen LogP contribution in [0.5, 0.6) is 11.5 Å². The molecule has 0 amide bonds. The second-order valence-corrected chi connectivity index (χ2v) is 4.65. The average Bonchev–Trinajstić information content (AvgIpc) is 2.59. The number of nitro groups is 2. The van der Waals surface area contributed by atoms with E-state index in [1.54, 1.807) is 0 Å². The zero-order chi connectivity index (χ0) is 18.6. The lowest BCUT2D eigenvalue weighted by Crippen LogP contribution is -1.94. The Bertz CT molecular complexity index is 867. The van der Waals surface area contributed by atoms with Gasteiger partial charge in [-0.15, -0.1) is 10.2 Å². The minimum absolute atomic E-state index is 0.145. The fraction of sp³-hybridized carbons (Fsp3) is 0.143. The summed E-state index contributed by atoms with van der Waals surface area (Å²) >= 11 is 0. The largest absolute Gasteiger partial charge is 0.495 e. The molecule has 0 aromatic heterocycles. The van der Waals surface area contributed by atoms with Crippen molar-refractivity contribution in [3.05, 3.63) is 50.6 Å². The van der Waals surface area contributed by atoms with Crippen molar-refractivity contribution in [1.82, 2.24) is 0 Å². The van der Waals surface area contributed by atoms with Gasteiger partial charge < -0.3 is 15.2 Å². The number of nitrogen functional groups attached to an aromatic ring is 1. The van der Waals surface area contributed by atoms with Gasteiger partial charge in [0.15, 0.2) is 5.69 Å². The molecule has 130 valence electrons. The average molecular weight is 347 g/mol. The first kappa shape index (κ1) is 17.6. The SMILES string of the molecule is COc1cc(/N=N/c2ccc([N+](=O)[O-])cc2[N+](=O)[O-])c(OC)cc1N. The first-order chi connectivity index (χ1) is 11.9.